The van der Waals surface area contributed by atoms with Crippen molar-refractivity contribution in [3.8, 4) is 0 Å². The molecular weight excluding hydrogens is 310 g/mol. The Morgan fingerprint density at radius 3 is 2.52 bits per heavy atom. The van der Waals surface area contributed by atoms with Crippen molar-refractivity contribution in [2.75, 3.05) is 25.9 Å². The maximum Gasteiger partial charge on any atom is 0.315 e. The summed E-state index contributed by atoms with van der Waals surface area (Å²) in [5.41, 5.74) is 0. The van der Waals surface area contributed by atoms with Gasteiger partial charge in [0, 0.05) is 36.5 Å². The van der Waals surface area contributed by atoms with Crippen molar-refractivity contribution in [3.05, 3.63) is 0 Å². The van der Waals surface area contributed by atoms with Gasteiger partial charge in [-0.1, -0.05) is 12.8 Å². The van der Waals surface area contributed by atoms with E-state index in [0.717, 1.165) is 51.7 Å². The van der Waals surface area contributed by atoms with Crippen LogP contribution >= 0.6 is 11.8 Å². The third kappa shape index (κ3) is 4.54. The minimum absolute atomic E-state index is 0.0125. The fourth-order valence-corrected chi connectivity index (χ4v) is 4.69. The summed E-state index contributed by atoms with van der Waals surface area (Å²) >= 11 is 1.87. The summed E-state index contributed by atoms with van der Waals surface area (Å²) in [6.45, 7) is 2.76. The van der Waals surface area contributed by atoms with Crippen LogP contribution in [0.1, 0.15) is 51.4 Å². The van der Waals surface area contributed by atoms with E-state index in [1.54, 1.807) is 0 Å². The Labute approximate surface area is 143 Å². The van der Waals surface area contributed by atoms with Gasteiger partial charge >= 0.3 is 6.03 Å². The van der Waals surface area contributed by atoms with Crippen molar-refractivity contribution in [2.24, 2.45) is 0 Å². The summed E-state index contributed by atoms with van der Waals surface area (Å²) in [7, 11) is 0. The van der Waals surface area contributed by atoms with Gasteiger partial charge in [-0.15, -0.1) is 0 Å². The van der Waals surface area contributed by atoms with Gasteiger partial charge in [0.15, 0.2) is 0 Å². The van der Waals surface area contributed by atoms with Gasteiger partial charge in [-0.2, -0.15) is 11.8 Å². The largest absolute Gasteiger partial charge is 0.391 e. The SMILES string of the molecule is CSC1(CNC(=O)NC2CCN([C@@H]3CCCC[C@H]3O)CC2)CC1. The van der Waals surface area contributed by atoms with E-state index < -0.39 is 0 Å². The van der Waals surface area contributed by atoms with Crippen LogP contribution in [0.25, 0.3) is 0 Å². The van der Waals surface area contributed by atoms with E-state index in [1.165, 1.54) is 19.3 Å². The molecule has 132 valence electrons. The van der Waals surface area contributed by atoms with Gasteiger partial charge < -0.3 is 15.7 Å². The van der Waals surface area contributed by atoms with Gasteiger partial charge in [0.05, 0.1) is 6.10 Å². The summed E-state index contributed by atoms with van der Waals surface area (Å²) in [5, 5.41) is 16.4. The molecule has 1 heterocycles. The molecule has 3 rings (SSSR count). The molecule has 0 unspecified atom stereocenters. The molecule has 6 heteroatoms. The Kier molecular flexibility index (Phi) is 5.75. The first-order chi connectivity index (χ1) is 11.1. The smallest absolute Gasteiger partial charge is 0.315 e. The van der Waals surface area contributed by atoms with Gasteiger partial charge in [0.1, 0.15) is 0 Å². The number of nitrogens with zero attached hydrogens (tertiary/aromatic N) is 1. The normalized spacial score (nSPS) is 31.6. The first kappa shape index (κ1) is 17.4. The standard InChI is InChI=1S/C17H31N3O2S/c1-23-17(8-9-17)12-18-16(22)19-13-6-10-20(11-7-13)14-4-2-3-5-15(14)21/h13-15,21H,2-12H2,1H3,(H2,18,19,22)/t14-,15-/m1/s1. The van der Waals surface area contributed by atoms with Gasteiger partial charge in [0.2, 0.25) is 0 Å². The molecule has 0 spiro atoms. The highest BCUT2D eigenvalue weighted by atomic mass is 32.2. The van der Waals surface area contributed by atoms with E-state index in [4.69, 9.17) is 0 Å². The second kappa shape index (κ2) is 7.62. The van der Waals surface area contributed by atoms with Crippen molar-refractivity contribution in [1.82, 2.24) is 15.5 Å². The molecule has 2 amide bonds. The molecule has 2 atom stereocenters. The molecule has 23 heavy (non-hydrogen) atoms. The molecule has 1 saturated heterocycles. The van der Waals surface area contributed by atoms with Crippen molar-refractivity contribution in [2.45, 2.75) is 74.3 Å². The Morgan fingerprint density at radius 2 is 1.91 bits per heavy atom. The van der Waals surface area contributed by atoms with Crippen LogP contribution in [0.4, 0.5) is 4.79 Å². The molecule has 3 fully saturated rings. The summed E-state index contributed by atoms with van der Waals surface area (Å²) < 4.78 is 0.317. The number of likely N-dealkylation sites (tertiary alicyclic amines) is 1. The Bertz CT molecular complexity index is 409. The highest BCUT2D eigenvalue weighted by Crippen LogP contribution is 2.46. The minimum atomic E-state index is -0.155. The summed E-state index contributed by atoms with van der Waals surface area (Å²) in [6, 6.07) is 0.604. The summed E-state index contributed by atoms with van der Waals surface area (Å²) in [4.78, 5) is 14.5. The lowest BCUT2D eigenvalue weighted by atomic mass is 9.89. The monoisotopic (exact) mass is 341 g/mol. The van der Waals surface area contributed by atoms with E-state index in [1.807, 2.05) is 11.8 Å². The van der Waals surface area contributed by atoms with Crippen molar-refractivity contribution < 1.29 is 9.90 Å². The number of piperidine rings is 1. The lowest BCUT2D eigenvalue weighted by molar-refractivity contribution is 0.00777. The molecule has 2 aliphatic carbocycles. The molecule has 0 radical (unpaired) electrons. The van der Waals surface area contributed by atoms with Crippen molar-refractivity contribution >= 4 is 17.8 Å². The third-order valence-electron chi connectivity index (χ3n) is 5.84. The Morgan fingerprint density at radius 1 is 1.22 bits per heavy atom. The second-order valence-electron chi connectivity index (χ2n) is 7.44. The van der Waals surface area contributed by atoms with Crippen LogP contribution in [-0.2, 0) is 0 Å². The molecule has 0 bridgehead atoms. The zero-order chi connectivity index (χ0) is 16.3. The first-order valence-electron chi connectivity index (χ1n) is 9.13. The molecule has 2 saturated carbocycles. The highest BCUT2D eigenvalue weighted by molar-refractivity contribution is 8.00. The molecule has 0 aromatic rings. The minimum Gasteiger partial charge on any atom is -0.391 e. The number of urea groups is 1. The Hall–Kier alpha value is -0.460. The van der Waals surface area contributed by atoms with E-state index >= 15 is 0 Å². The first-order valence-corrected chi connectivity index (χ1v) is 10.4. The van der Waals surface area contributed by atoms with E-state index in [2.05, 4.69) is 21.8 Å². The van der Waals surface area contributed by atoms with Gasteiger partial charge in [-0.3, -0.25) is 4.90 Å². The predicted octanol–water partition coefficient (Wildman–Crippen LogP) is 1.95. The van der Waals surface area contributed by atoms with Crippen molar-refractivity contribution in [3.63, 3.8) is 0 Å². The maximum atomic E-state index is 12.1. The molecule has 0 aromatic heterocycles. The molecule has 3 aliphatic rings. The Balaban J connectivity index is 1.36. The van der Waals surface area contributed by atoms with Crippen LogP contribution in [-0.4, -0.2) is 64.9 Å². The number of aliphatic hydroxyl groups is 1. The fraction of sp³-hybridized carbons (Fsp3) is 0.941. The fourth-order valence-electron chi connectivity index (χ4n) is 3.96. The average molecular weight is 342 g/mol. The van der Waals surface area contributed by atoms with Crippen molar-refractivity contribution in [1.29, 1.82) is 0 Å². The number of nitrogens with one attached hydrogen (secondary N) is 2. The second-order valence-corrected chi connectivity index (χ2v) is 8.72. The lowest BCUT2D eigenvalue weighted by Crippen LogP contribution is -2.53. The molecule has 5 nitrogen and oxygen atoms in total. The van der Waals surface area contributed by atoms with E-state index in [-0.39, 0.29) is 18.2 Å². The lowest BCUT2D eigenvalue weighted by Gasteiger charge is -2.41. The zero-order valence-corrected chi connectivity index (χ0v) is 15.0. The predicted molar refractivity (Wildman–Crippen MR) is 94.9 cm³/mol. The van der Waals surface area contributed by atoms with E-state index in [9.17, 15) is 9.90 Å². The number of aliphatic hydroxyl groups excluding tert-OH is 1. The van der Waals surface area contributed by atoms with Crippen LogP contribution in [0.2, 0.25) is 0 Å². The highest BCUT2D eigenvalue weighted by Gasteiger charge is 2.42. The van der Waals surface area contributed by atoms with Crippen LogP contribution in [0.15, 0.2) is 0 Å². The van der Waals surface area contributed by atoms with Crippen LogP contribution in [0.3, 0.4) is 0 Å². The van der Waals surface area contributed by atoms with Gasteiger partial charge in [-0.25, -0.2) is 4.79 Å². The number of carbonyl (C=O) groups excluding carboxylic acids is 1. The molecule has 0 aromatic carbocycles. The number of carbonyl (C=O) groups is 1. The third-order valence-corrected chi connectivity index (χ3v) is 7.26. The van der Waals surface area contributed by atoms with Gasteiger partial charge in [0.25, 0.3) is 0 Å². The van der Waals surface area contributed by atoms with Crippen LogP contribution in [0.5, 0.6) is 0 Å². The zero-order valence-electron chi connectivity index (χ0n) is 14.2. The summed E-state index contributed by atoms with van der Waals surface area (Å²) in [6.07, 6.45) is 10.9. The average Bonchev–Trinajstić information content (AvgIpc) is 3.35. The maximum absolute atomic E-state index is 12.1. The molecule has 3 N–H and O–H groups in total. The summed E-state index contributed by atoms with van der Waals surface area (Å²) in [5.74, 6) is 0. The molecular formula is C17H31N3O2S. The van der Waals surface area contributed by atoms with Gasteiger partial charge in [-0.05, 0) is 44.8 Å². The number of rotatable bonds is 5. The quantitative estimate of drug-likeness (QED) is 0.715. The number of amides is 2. The van der Waals surface area contributed by atoms with Crippen LogP contribution < -0.4 is 10.6 Å². The van der Waals surface area contributed by atoms with E-state index in [0.29, 0.717) is 10.8 Å². The number of hydrogen-bond donors (Lipinski definition) is 3. The topological polar surface area (TPSA) is 64.6 Å². The number of thioether (sulfide) groups is 1. The molecule has 1 aliphatic heterocycles. The van der Waals surface area contributed by atoms with Crippen LogP contribution in [0, 0.1) is 0 Å². The number of hydrogen-bond acceptors (Lipinski definition) is 4.